The van der Waals surface area contributed by atoms with E-state index in [1.165, 1.54) is 6.42 Å². The molecule has 1 fully saturated rings. The van der Waals surface area contributed by atoms with E-state index in [4.69, 9.17) is 5.73 Å². The van der Waals surface area contributed by atoms with Crippen LogP contribution in [0.1, 0.15) is 12.2 Å². The number of nitrogens with two attached hydrogens (primary N) is 1. The van der Waals surface area contributed by atoms with E-state index in [0.29, 0.717) is 5.92 Å². The molecule has 0 aliphatic carbocycles. The molecule has 1 saturated heterocycles. The molecule has 1 atom stereocenters. The highest BCUT2D eigenvalue weighted by Gasteiger charge is 2.17. The molecule has 2 aromatic heterocycles. The Kier molecular flexibility index (Phi) is 2.29. The Labute approximate surface area is 94.5 Å². The molecule has 0 spiro atoms. The average Bonchev–Trinajstić information content (AvgIpc) is 2.90. The van der Waals surface area contributed by atoms with Crippen molar-refractivity contribution >= 4 is 11.2 Å². The van der Waals surface area contributed by atoms with Crippen molar-refractivity contribution in [1.82, 2.24) is 14.7 Å². The van der Waals surface area contributed by atoms with Crippen molar-refractivity contribution in [3.05, 3.63) is 30.4 Å². The van der Waals surface area contributed by atoms with Crippen molar-refractivity contribution in [2.45, 2.75) is 12.8 Å². The van der Waals surface area contributed by atoms with Gasteiger partial charge in [0, 0.05) is 18.3 Å². The van der Waals surface area contributed by atoms with Crippen LogP contribution in [0.15, 0.2) is 24.5 Å². The molecule has 0 bridgehead atoms. The number of aromatic nitrogens is 2. The fourth-order valence-electron chi connectivity index (χ4n) is 2.36. The molecular weight excluding hydrogens is 200 g/mol. The summed E-state index contributed by atoms with van der Waals surface area (Å²) in [6.07, 6.45) is 6.15. The molecule has 1 aliphatic rings. The maximum atomic E-state index is 5.80. The molecule has 3 N–H and O–H groups in total. The summed E-state index contributed by atoms with van der Waals surface area (Å²) >= 11 is 0. The quantitative estimate of drug-likeness (QED) is 0.789. The van der Waals surface area contributed by atoms with Gasteiger partial charge in [-0.1, -0.05) is 0 Å². The number of hydrogen-bond donors (Lipinski definition) is 2. The van der Waals surface area contributed by atoms with E-state index < -0.39 is 0 Å². The third kappa shape index (κ3) is 1.65. The number of nitrogens with zero attached hydrogens (tertiary/aromatic N) is 2. The Morgan fingerprint density at radius 3 is 3.25 bits per heavy atom. The zero-order valence-corrected chi connectivity index (χ0v) is 9.19. The van der Waals surface area contributed by atoms with E-state index >= 15 is 0 Å². The van der Waals surface area contributed by atoms with Crippen molar-refractivity contribution < 1.29 is 0 Å². The number of anilines is 1. The molecule has 1 aliphatic heterocycles. The van der Waals surface area contributed by atoms with Crippen LogP contribution in [0, 0.1) is 5.92 Å². The minimum atomic E-state index is 0.715. The van der Waals surface area contributed by atoms with Gasteiger partial charge in [0.2, 0.25) is 0 Å². The Hall–Kier alpha value is -1.55. The Morgan fingerprint density at radius 1 is 1.50 bits per heavy atom. The molecule has 84 valence electrons. The number of nitrogen functional groups attached to an aromatic ring is 1. The van der Waals surface area contributed by atoms with Crippen LogP contribution in [-0.2, 0) is 6.42 Å². The Balaban J connectivity index is 1.93. The van der Waals surface area contributed by atoms with Crippen LogP contribution in [0.5, 0.6) is 0 Å². The predicted octanol–water partition coefficient (Wildman–Crippen LogP) is 1.07. The first-order valence-corrected chi connectivity index (χ1v) is 5.75. The highest BCUT2D eigenvalue weighted by Crippen LogP contribution is 2.17. The summed E-state index contributed by atoms with van der Waals surface area (Å²) in [5, 5.41) is 3.38. The molecule has 4 heteroatoms. The molecule has 0 amide bonds. The molecule has 0 saturated carbocycles. The maximum absolute atomic E-state index is 5.80. The van der Waals surface area contributed by atoms with E-state index in [0.717, 1.165) is 36.5 Å². The summed E-state index contributed by atoms with van der Waals surface area (Å²) in [4.78, 5) is 4.48. The van der Waals surface area contributed by atoms with Gasteiger partial charge in [0.15, 0.2) is 0 Å². The SMILES string of the molecule is Nc1ccc2cnc(CC3CCNC3)n2c1. The van der Waals surface area contributed by atoms with Gasteiger partial charge in [-0.3, -0.25) is 0 Å². The van der Waals surface area contributed by atoms with E-state index in [1.807, 2.05) is 24.5 Å². The number of pyridine rings is 1. The van der Waals surface area contributed by atoms with Crippen LogP contribution < -0.4 is 11.1 Å². The maximum Gasteiger partial charge on any atom is 0.113 e. The van der Waals surface area contributed by atoms with E-state index in [9.17, 15) is 0 Å². The van der Waals surface area contributed by atoms with Crippen molar-refractivity contribution in [2.75, 3.05) is 18.8 Å². The van der Waals surface area contributed by atoms with Gasteiger partial charge in [0.05, 0.1) is 11.7 Å². The second-order valence-corrected chi connectivity index (χ2v) is 4.49. The first-order valence-electron chi connectivity index (χ1n) is 5.75. The highest BCUT2D eigenvalue weighted by atomic mass is 15.0. The molecule has 3 rings (SSSR count). The second kappa shape index (κ2) is 3.79. The normalized spacial score (nSPS) is 20.6. The van der Waals surface area contributed by atoms with Crippen LogP contribution in [0.3, 0.4) is 0 Å². The number of rotatable bonds is 2. The summed E-state index contributed by atoms with van der Waals surface area (Å²) in [6.45, 7) is 2.24. The fraction of sp³-hybridized carbons (Fsp3) is 0.417. The highest BCUT2D eigenvalue weighted by molar-refractivity contribution is 5.52. The van der Waals surface area contributed by atoms with Crippen LogP contribution >= 0.6 is 0 Å². The van der Waals surface area contributed by atoms with Crippen LogP contribution in [-0.4, -0.2) is 22.5 Å². The number of nitrogens with one attached hydrogen (secondary N) is 1. The summed E-state index contributed by atoms with van der Waals surface area (Å²) in [7, 11) is 0. The first kappa shape index (κ1) is 9.66. The van der Waals surface area contributed by atoms with E-state index in [1.54, 1.807) is 0 Å². The van der Waals surface area contributed by atoms with Crippen LogP contribution in [0.25, 0.3) is 5.52 Å². The van der Waals surface area contributed by atoms with Gasteiger partial charge >= 0.3 is 0 Å². The van der Waals surface area contributed by atoms with E-state index in [2.05, 4.69) is 14.7 Å². The van der Waals surface area contributed by atoms with Crippen molar-refractivity contribution in [1.29, 1.82) is 0 Å². The van der Waals surface area contributed by atoms with Crippen molar-refractivity contribution in [3.63, 3.8) is 0 Å². The van der Waals surface area contributed by atoms with E-state index in [-0.39, 0.29) is 0 Å². The molecule has 1 unspecified atom stereocenters. The standard InChI is InChI=1S/C12H16N4/c13-10-1-2-11-7-15-12(16(11)8-10)5-9-3-4-14-6-9/h1-2,7-9,14H,3-6,13H2. The van der Waals surface area contributed by atoms with Gasteiger partial charge in [-0.2, -0.15) is 0 Å². The second-order valence-electron chi connectivity index (χ2n) is 4.49. The van der Waals surface area contributed by atoms with Gasteiger partial charge in [-0.25, -0.2) is 4.98 Å². The van der Waals surface area contributed by atoms with Crippen molar-refractivity contribution in [2.24, 2.45) is 5.92 Å². The topological polar surface area (TPSA) is 55.3 Å². The van der Waals surface area contributed by atoms with Crippen LogP contribution in [0.2, 0.25) is 0 Å². The Bertz CT molecular complexity index is 497. The van der Waals surface area contributed by atoms with Gasteiger partial charge in [0.1, 0.15) is 5.82 Å². The number of imidazole rings is 1. The summed E-state index contributed by atoms with van der Waals surface area (Å²) in [6, 6.07) is 3.93. The Morgan fingerprint density at radius 2 is 2.44 bits per heavy atom. The lowest BCUT2D eigenvalue weighted by Crippen LogP contribution is -2.12. The molecule has 3 heterocycles. The lowest BCUT2D eigenvalue weighted by molar-refractivity contribution is 0.560. The number of hydrogen-bond acceptors (Lipinski definition) is 3. The third-order valence-electron chi connectivity index (χ3n) is 3.26. The molecular formula is C12H16N4. The smallest absolute Gasteiger partial charge is 0.113 e. The minimum absolute atomic E-state index is 0.715. The fourth-order valence-corrected chi connectivity index (χ4v) is 2.36. The molecule has 0 aromatic carbocycles. The lowest BCUT2D eigenvalue weighted by Gasteiger charge is -2.07. The van der Waals surface area contributed by atoms with Gasteiger partial charge in [0.25, 0.3) is 0 Å². The van der Waals surface area contributed by atoms with Crippen molar-refractivity contribution in [3.8, 4) is 0 Å². The summed E-state index contributed by atoms with van der Waals surface area (Å²) in [5.74, 6) is 1.84. The lowest BCUT2D eigenvalue weighted by atomic mass is 10.0. The predicted molar refractivity (Wildman–Crippen MR) is 64.3 cm³/mol. The summed E-state index contributed by atoms with van der Waals surface area (Å²) in [5.41, 5.74) is 7.71. The zero-order valence-electron chi connectivity index (χ0n) is 9.19. The van der Waals surface area contributed by atoms with Gasteiger partial charge in [-0.15, -0.1) is 0 Å². The largest absolute Gasteiger partial charge is 0.398 e. The molecule has 2 aromatic rings. The monoisotopic (exact) mass is 216 g/mol. The van der Waals surface area contributed by atoms with Gasteiger partial charge in [-0.05, 0) is 37.6 Å². The summed E-state index contributed by atoms with van der Waals surface area (Å²) < 4.78 is 2.10. The number of fused-ring (bicyclic) bond motifs is 1. The van der Waals surface area contributed by atoms with Gasteiger partial charge < -0.3 is 15.5 Å². The minimum Gasteiger partial charge on any atom is -0.398 e. The first-order chi connectivity index (χ1) is 7.83. The average molecular weight is 216 g/mol. The van der Waals surface area contributed by atoms with Crippen LogP contribution in [0.4, 0.5) is 5.69 Å². The third-order valence-corrected chi connectivity index (χ3v) is 3.26. The molecule has 16 heavy (non-hydrogen) atoms. The molecule has 4 nitrogen and oxygen atoms in total. The zero-order chi connectivity index (χ0) is 11.0. The molecule has 0 radical (unpaired) electrons.